The number of amides is 1. The molecule has 0 aromatic heterocycles. The van der Waals surface area contributed by atoms with Crippen molar-refractivity contribution in [3.63, 3.8) is 0 Å². The summed E-state index contributed by atoms with van der Waals surface area (Å²) in [6, 6.07) is 6.05. The number of hydrogen-bond donors (Lipinski definition) is 1. The van der Waals surface area contributed by atoms with Crippen molar-refractivity contribution in [3.05, 3.63) is 40.4 Å². The molecule has 0 spiro atoms. The molecule has 2 aliphatic rings. The summed E-state index contributed by atoms with van der Waals surface area (Å²) in [6.07, 6.45) is 7.60. The van der Waals surface area contributed by atoms with Crippen molar-refractivity contribution in [2.24, 2.45) is 17.8 Å². The van der Waals surface area contributed by atoms with Gasteiger partial charge in [0.05, 0.1) is 0 Å². The second-order valence-corrected chi connectivity index (χ2v) is 6.45. The molecule has 2 nitrogen and oxygen atoms in total. The molecule has 0 heterocycles. The van der Waals surface area contributed by atoms with E-state index < -0.39 is 0 Å². The minimum absolute atomic E-state index is 0.170. The van der Waals surface area contributed by atoms with Gasteiger partial charge in [0.15, 0.2) is 0 Å². The summed E-state index contributed by atoms with van der Waals surface area (Å²) in [4.78, 5) is 12.4. The Labute approximate surface area is 122 Å². The Bertz CT molecular complexity index is 538. The SMILES string of the molecule is CCc1cc(Br)ccc1NC(=O)C1CC2C=CC1C2. The molecule has 100 valence electrons. The first-order valence-electron chi connectivity index (χ1n) is 6.95. The van der Waals surface area contributed by atoms with Crippen molar-refractivity contribution in [2.45, 2.75) is 26.2 Å². The Morgan fingerprint density at radius 1 is 1.37 bits per heavy atom. The zero-order valence-corrected chi connectivity index (χ0v) is 12.6. The van der Waals surface area contributed by atoms with Crippen LogP contribution < -0.4 is 5.32 Å². The standard InChI is InChI=1S/C16H18BrNO/c1-2-11-9-13(17)5-6-15(11)18-16(19)14-8-10-3-4-12(14)7-10/h3-6,9-10,12,14H,2,7-8H2,1H3,(H,18,19). The van der Waals surface area contributed by atoms with Crippen LogP contribution >= 0.6 is 15.9 Å². The highest BCUT2D eigenvalue weighted by atomic mass is 79.9. The van der Waals surface area contributed by atoms with Gasteiger partial charge in [0, 0.05) is 16.1 Å². The van der Waals surface area contributed by atoms with Crippen LogP contribution in [0, 0.1) is 17.8 Å². The van der Waals surface area contributed by atoms with Gasteiger partial charge in [-0.05, 0) is 54.9 Å². The minimum Gasteiger partial charge on any atom is -0.326 e. The van der Waals surface area contributed by atoms with Gasteiger partial charge < -0.3 is 5.32 Å². The summed E-state index contributed by atoms with van der Waals surface area (Å²) in [5.41, 5.74) is 2.14. The first-order chi connectivity index (χ1) is 9.17. The number of allylic oxidation sites excluding steroid dienone is 2. The third-order valence-corrected chi connectivity index (χ3v) is 4.81. The predicted octanol–water partition coefficient (Wildman–Crippen LogP) is 4.16. The second-order valence-electron chi connectivity index (χ2n) is 5.53. The molecular formula is C16H18BrNO. The number of benzene rings is 1. The van der Waals surface area contributed by atoms with Crippen molar-refractivity contribution in [1.29, 1.82) is 0 Å². The highest BCUT2D eigenvalue weighted by Gasteiger charge is 2.39. The monoisotopic (exact) mass is 319 g/mol. The van der Waals surface area contributed by atoms with Crippen LogP contribution in [0.25, 0.3) is 0 Å². The summed E-state index contributed by atoms with van der Waals surface area (Å²) in [5, 5.41) is 3.12. The molecule has 1 fully saturated rings. The Kier molecular flexibility index (Phi) is 3.48. The van der Waals surface area contributed by atoms with Crippen molar-refractivity contribution in [1.82, 2.24) is 0 Å². The molecule has 0 aliphatic heterocycles. The highest BCUT2D eigenvalue weighted by Crippen LogP contribution is 2.43. The summed E-state index contributed by atoms with van der Waals surface area (Å²) >= 11 is 3.47. The van der Waals surface area contributed by atoms with E-state index in [2.05, 4.69) is 46.4 Å². The van der Waals surface area contributed by atoms with Crippen molar-refractivity contribution in [3.8, 4) is 0 Å². The predicted molar refractivity (Wildman–Crippen MR) is 81.0 cm³/mol. The summed E-state index contributed by atoms with van der Waals surface area (Å²) in [6.45, 7) is 2.11. The van der Waals surface area contributed by atoms with Crippen molar-refractivity contribution in [2.75, 3.05) is 5.32 Å². The van der Waals surface area contributed by atoms with E-state index in [1.54, 1.807) is 0 Å². The lowest BCUT2D eigenvalue weighted by atomic mass is 9.92. The number of hydrogen-bond acceptors (Lipinski definition) is 1. The molecule has 3 heteroatoms. The van der Waals surface area contributed by atoms with E-state index in [4.69, 9.17) is 0 Å². The molecule has 3 unspecified atom stereocenters. The molecular weight excluding hydrogens is 302 g/mol. The van der Waals surface area contributed by atoms with Crippen LogP contribution in [0.4, 0.5) is 5.69 Å². The lowest BCUT2D eigenvalue weighted by molar-refractivity contribution is -0.120. The Balaban J connectivity index is 1.75. The van der Waals surface area contributed by atoms with Gasteiger partial charge in [-0.1, -0.05) is 35.0 Å². The number of carbonyl (C=O) groups is 1. The molecule has 3 rings (SSSR count). The molecule has 1 aromatic rings. The average molecular weight is 320 g/mol. The number of aryl methyl sites for hydroxylation is 1. The third kappa shape index (κ3) is 2.48. The summed E-state index contributed by atoms with van der Waals surface area (Å²) in [7, 11) is 0. The van der Waals surface area contributed by atoms with E-state index in [0.717, 1.165) is 23.0 Å². The van der Waals surface area contributed by atoms with Crippen LogP contribution in [-0.2, 0) is 11.2 Å². The van der Waals surface area contributed by atoms with Gasteiger partial charge in [-0.2, -0.15) is 0 Å². The third-order valence-electron chi connectivity index (χ3n) is 4.32. The van der Waals surface area contributed by atoms with Crippen molar-refractivity contribution < 1.29 is 4.79 Å². The molecule has 1 amide bonds. The lowest BCUT2D eigenvalue weighted by Crippen LogP contribution is -2.26. The molecule has 1 aromatic carbocycles. The second kappa shape index (κ2) is 5.12. The van der Waals surface area contributed by atoms with Crippen LogP contribution in [0.15, 0.2) is 34.8 Å². The first-order valence-corrected chi connectivity index (χ1v) is 7.74. The fourth-order valence-electron chi connectivity index (χ4n) is 3.28. The normalized spacial score (nSPS) is 27.8. The lowest BCUT2D eigenvalue weighted by Gasteiger charge is -2.19. The number of carbonyl (C=O) groups excluding carboxylic acids is 1. The molecule has 2 aliphatic carbocycles. The fourth-order valence-corrected chi connectivity index (χ4v) is 3.69. The maximum Gasteiger partial charge on any atom is 0.228 e. The van der Waals surface area contributed by atoms with Gasteiger partial charge in [-0.15, -0.1) is 0 Å². The molecule has 0 saturated heterocycles. The van der Waals surface area contributed by atoms with Crippen LogP contribution in [0.3, 0.4) is 0 Å². The number of nitrogens with one attached hydrogen (secondary N) is 1. The maximum absolute atomic E-state index is 12.4. The van der Waals surface area contributed by atoms with Crippen LogP contribution in [-0.4, -0.2) is 5.91 Å². The van der Waals surface area contributed by atoms with E-state index >= 15 is 0 Å². The fraction of sp³-hybridized carbons (Fsp3) is 0.438. The van der Waals surface area contributed by atoms with Gasteiger partial charge in [0.2, 0.25) is 5.91 Å². The van der Waals surface area contributed by atoms with Gasteiger partial charge in [-0.3, -0.25) is 4.79 Å². The number of rotatable bonds is 3. The molecule has 0 radical (unpaired) electrons. The highest BCUT2D eigenvalue weighted by molar-refractivity contribution is 9.10. The number of fused-ring (bicyclic) bond motifs is 2. The molecule has 1 saturated carbocycles. The van der Waals surface area contributed by atoms with Crippen LogP contribution in [0.5, 0.6) is 0 Å². The van der Waals surface area contributed by atoms with E-state index in [9.17, 15) is 4.79 Å². The Hall–Kier alpha value is -1.09. The van der Waals surface area contributed by atoms with Gasteiger partial charge in [0.25, 0.3) is 0 Å². The van der Waals surface area contributed by atoms with Gasteiger partial charge in [0.1, 0.15) is 0 Å². The topological polar surface area (TPSA) is 29.1 Å². The Morgan fingerprint density at radius 2 is 2.21 bits per heavy atom. The number of halogens is 1. The Morgan fingerprint density at radius 3 is 2.84 bits per heavy atom. The summed E-state index contributed by atoms with van der Waals surface area (Å²) in [5.74, 6) is 1.46. The quantitative estimate of drug-likeness (QED) is 0.833. The average Bonchev–Trinajstić information content (AvgIpc) is 3.03. The van der Waals surface area contributed by atoms with E-state index in [-0.39, 0.29) is 11.8 Å². The van der Waals surface area contributed by atoms with Crippen LogP contribution in [0.1, 0.15) is 25.3 Å². The first kappa shape index (κ1) is 12.9. The molecule has 19 heavy (non-hydrogen) atoms. The van der Waals surface area contributed by atoms with E-state index in [0.29, 0.717) is 11.8 Å². The molecule has 3 atom stereocenters. The molecule has 1 N–H and O–H groups in total. The van der Waals surface area contributed by atoms with Gasteiger partial charge >= 0.3 is 0 Å². The van der Waals surface area contributed by atoms with Gasteiger partial charge in [-0.25, -0.2) is 0 Å². The van der Waals surface area contributed by atoms with Crippen LogP contribution in [0.2, 0.25) is 0 Å². The summed E-state index contributed by atoms with van der Waals surface area (Å²) < 4.78 is 1.06. The zero-order chi connectivity index (χ0) is 13.4. The number of anilines is 1. The van der Waals surface area contributed by atoms with Crippen molar-refractivity contribution >= 4 is 27.5 Å². The minimum atomic E-state index is 0.170. The molecule has 2 bridgehead atoms. The smallest absolute Gasteiger partial charge is 0.228 e. The zero-order valence-electron chi connectivity index (χ0n) is 11.0. The van der Waals surface area contributed by atoms with E-state index in [1.807, 2.05) is 12.1 Å². The maximum atomic E-state index is 12.4. The largest absolute Gasteiger partial charge is 0.326 e. The van der Waals surface area contributed by atoms with E-state index in [1.165, 1.54) is 12.0 Å².